The number of para-hydroxylation sites is 1. The fourth-order valence-corrected chi connectivity index (χ4v) is 4.90. The van der Waals surface area contributed by atoms with Crippen LogP contribution >= 0.6 is 0 Å². The summed E-state index contributed by atoms with van der Waals surface area (Å²) in [5.41, 5.74) is -0.313. The van der Waals surface area contributed by atoms with Gasteiger partial charge in [-0.3, -0.25) is 19.2 Å². The Bertz CT molecular complexity index is 1030. The molecule has 0 radical (unpaired) electrons. The third-order valence-electron chi connectivity index (χ3n) is 6.94. The van der Waals surface area contributed by atoms with Crippen LogP contribution in [0, 0.1) is 5.82 Å². The first-order valence-electron chi connectivity index (χ1n) is 12.1. The number of benzene rings is 1. The van der Waals surface area contributed by atoms with Gasteiger partial charge in [0.25, 0.3) is 5.91 Å². The van der Waals surface area contributed by atoms with Gasteiger partial charge in [-0.25, -0.2) is 4.39 Å². The molecule has 1 saturated carbocycles. The Hall–Kier alpha value is -2.70. The van der Waals surface area contributed by atoms with Crippen molar-refractivity contribution in [3.05, 3.63) is 47.5 Å². The highest BCUT2D eigenvalue weighted by atomic mass is 19.1. The van der Waals surface area contributed by atoms with Gasteiger partial charge in [-0.05, 0) is 38.0 Å². The quantitative estimate of drug-likeness (QED) is 0.712. The van der Waals surface area contributed by atoms with Gasteiger partial charge in [-0.2, -0.15) is 5.10 Å². The van der Waals surface area contributed by atoms with Crippen molar-refractivity contribution in [3.8, 4) is 0 Å². The number of halogens is 1. The number of fused-ring (bicyclic) bond motifs is 1. The molecule has 1 aliphatic carbocycles. The molecule has 0 unspecified atom stereocenters. The summed E-state index contributed by atoms with van der Waals surface area (Å²) in [6, 6.07) is 7.99. The number of amides is 2. The van der Waals surface area contributed by atoms with Crippen LogP contribution in [-0.4, -0.2) is 33.2 Å². The maximum Gasteiger partial charge on any atom is 0.277 e. The largest absolute Gasteiger partial charge is 0.351 e. The highest BCUT2D eigenvalue weighted by Crippen LogP contribution is 2.36. The molecule has 2 amide bonds. The Morgan fingerprint density at radius 2 is 1.76 bits per heavy atom. The lowest BCUT2D eigenvalue weighted by atomic mass is 9.90. The van der Waals surface area contributed by atoms with E-state index in [0.29, 0.717) is 5.69 Å². The van der Waals surface area contributed by atoms with Gasteiger partial charge < -0.3 is 5.32 Å². The Kier molecular flexibility index (Phi) is 6.34. The molecule has 2 aromatic rings. The number of carbonyl (C=O) groups excluding carboxylic acids is 2. The molecule has 1 fully saturated rings. The number of anilines is 1. The Labute approximate surface area is 195 Å². The van der Waals surface area contributed by atoms with E-state index in [1.54, 1.807) is 35.9 Å². The molecule has 1 aromatic heterocycles. The molecule has 1 N–H and O–H groups in total. The van der Waals surface area contributed by atoms with E-state index in [4.69, 9.17) is 0 Å². The summed E-state index contributed by atoms with van der Waals surface area (Å²) in [5, 5.41) is 7.88. The molecule has 2 heterocycles. The van der Waals surface area contributed by atoms with Crippen LogP contribution in [-0.2, 0) is 16.8 Å². The Morgan fingerprint density at radius 1 is 1.12 bits per heavy atom. The first-order chi connectivity index (χ1) is 15.6. The lowest BCUT2D eigenvalue weighted by molar-refractivity contribution is -0.127. The lowest BCUT2D eigenvalue weighted by Gasteiger charge is -2.43. The zero-order valence-electron chi connectivity index (χ0n) is 20.2. The molecule has 1 atom stereocenters. The molecule has 0 saturated heterocycles. The first kappa shape index (κ1) is 23.5. The molecule has 1 aliphatic heterocycles. The number of nitrogens with one attached hydrogen (secondary N) is 1. The Morgan fingerprint density at radius 3 is 2.39 bits per heavy atom. The van der Waals surface area contributed by atoms with Crippen LogP contribution in [0.5, 0.6) is 0 Å². The third-order valence-corrected chi connectivity index (χ3v) is 6.94. The van der Waals surface area contributed by atoms with E-state index >= 15 is 0 Å². The second-order valence-electron chi connectivity index (χ2n) is 10.7. The van der Waals surface area contributed by atoms with E-state index in [-0.39, 0.29) is 29.6 Å². The van der Waals surface area contributed by atoms with Crippen LogP contribution < -0.4 is 10.2 Å². The number of hydrogen-bond acceptors (Lipinski definition) is 3. The van der Waals surface area contributed by atoms with Crippen molar-refractivity contribution in [2.75, 3.05) is 4.90 Å². The fourth-order valence-electron chi connectivity index (χ4n) is 4.90. The molecular weight excluding hydrogens is 419 g/mol. The normalized spacial score (nSPS) is 22.5. The van der Waals surface area contributed by atoms with Crippen molar-refractivity contribution in [1.82, 2.24) is 15.1 Å². The van der Waals surface area contributed by atoms with Gasteiger partial charge in [-0.15, -0.1) is 0 Å². The average Bonchev–Trinajstić information content (AvgIpc) is 3.16. The van der Waals surface area contributed by atoms with Crippen molar-refractivity contribution in [2.24, 2.45) is 0 Å². The van der Waals surface area contributed by atoms with E-state index in [1.165, 1.54) is 30.2 Å². The topological polar surface area (TPSA) is 67.2 Å². The standard InChI is InChI=1S/C26H35FN4O2/c1-25(2,3)22-16-21-23(32)31(20-15-11-10-14-19(20)27)26(4,17-30(21)29-22)24(33)28-18-12-8-6-5-7-9-13-18/h10-11,14-16,18H,5-9,12-13,17H2,1-4H3,(H,28,33)/t26-/m1/s1. The summed E-state index contributed by atoms with van der Waals surface area (Å²) in [6.07, 6.45) is 7.61. The second kappa shape index (κ2) is 8.92. The SMILES string of the molecule is CC(C)(C)c1cc2n(n1)C[C@](C)(C(=O)NC1CCCCCCC1)N(c1ccccc1F)C2=O. The van der Waals surface area contributed by atoms with Gasteiger partial charge in [0.2, 0.25) is 5.91 Å². The maximum atomic E-state index is 14.9. The summed E-state index contributed by atoms with van der Waals surface area (Å²) >= 11 is 0. The number of rotatable bonds is 3. The number of aromatic nitrogens is 2. The maximum absolute atomic E-state index is 14.9. The molecule has 0 bridgehead atoms. The minimum Gasteiger partial charge on any atom is -0.351 e. The van der Waals surface area contributed by atoms with Gasteiger partial charge >= 0.3 is 0 Å². The summed E-state index contributed by atoms with van der Waals surface area (Å²) in [4.78, 5) is 28.8. The zero-order valence-corrected chi connectivity index (χ0v) is 20.2. The molecule has 178 valence electrons. The summed E-state index contributed by atoms with van der Waals surface area (Å²) < 4.78 is 16.6. The monoisotopic (exact) mass is 454 g/mol. The summed E-state index contributed by atoms with van der Waals surface area (Å²) in [5.74, 6) is -1.20. The first-order valence-corrected chi connectivity index (χ1v) is 12.1. The van der Waals surface area contributed by atoms with Crippen LogP contribution in [0.1, 0.15) is 88.8 Å². The number of carbonyl (C=O) groups is 2. The molecule has 1 aromatic carbocycles. The van der Waals surface area contributed by atoms with Crippen molar-refractivity contribution in [2.45, 2.75) is 96.2 Å². The van der Waals surface area contributed by atoms with Gasteiger partial charge in [-0.1, -0.05) is 65.0 Å². The predicted octanol–water partition coefficient (Wildman–Crippen LogP) is 4.97. The molecule has 4 rings (SSSR count). The van der Waals surface area contributed by atoms with Gasteiger partial charge in [0.05, 0.1) is 17.9 Å². The molecule has 6 nitrogen and oxygen atoms in total. The third kappa shape index (κ3) is 4.55. The lowest BCUT2D eigenvalue weighted by Crippen LogP contribution is -2.65. The molecule has 33 heavy (non-hydrogen) atoms. The average molecular weight is 455 g/mol. The smallest absolute Gasteiger partial charge is 0.277 e. The number of nitrogens with zero attached hydrogens (tertiary/aromatic N) is 3. The zero-order chi connectivity index (χ0) is 23.8. The van der Waals surface area contributed by atoms with E-state index < -0.39 is 17.3 Å². The minimum atomic E-state index is -1.31. The van der Waals surface area contributed by atoms with Gasteiger partial charge in [0.1, 0.15) is 17.1 Å². The second-order valence-corrected chi connectivity index (χ2v) is 10.7. The van der Waals surface area contributed by atoms with Crippen LogP contribution in [0.25, 0.3) is 0 Å². The minimum absolute atomic E-state index is 0.0661. The fraction of sp³-hybridized carbons (Fsp3) is 0.577. The molecule has 0 spiro atoms. The molecule has 7 heteroatoms. The van der Waals surface area contributed by atoms with Crippen LogP contribution in [0.3, 0.4) is 0 Å². The highest BCUT2D eigenvalue weighted by Gasteiger charge is 2.50. The van der Waals surface area contributed by atoms with Crippen molar-refractivity contribution in [3.63, 3.8) is 0 Å². The van der Waals surface area contributed by atoms with E-state index in [0.717, 1.165) is 31.4 Å². The molecular formula is C26H35FN4O2. The van der Waals surface area contributed by atoms with Crippen LogP contribution in [0.2, 0.25) is 0 Å². The van der Waals surface area contributed by atoms with Crippen molar-refractivity contribution in [1.29, 1.82) is 0 Å². The van der Waals surface area contributed by atoms with Crippen molar-refractivity contribution >= 4 is 17.5 Å². The van der Waals surface area contributed by atoms with E-state index in [2.05, 4.69) is 10.4 Å². The highest BCUT2D eigenvalue weighted by molar-refractivity contribution is 6.11. The van der Waals surface area contributed by atoms with Gasteiger partial charge in [0, 0.05) is 11.5 Å². The van der Waals surface area contributed by atoms with Crippen LogP contribution in [0.15, 0.2) is 30.3 Å². The van der Waals surface area contributed by atoms with Crippen molar-refractivity contribution < 1.29 is 14.0 Å². The van der Waals surface area contributed by atoms with E-state index in [1.807, 2.05) is 20.8 Å². The Balaban J connectivity index is 1.74. The summed E-state index contributed by atoms with van der Waals surface area (Å²) in [7, 11) is 0. The summed E-state index contributed by atoms with van der Waals surface area (Å²) in [6.45, 7) is 7.97. The predicted molar refractivity (Wildman–Crippen MR) is 127 cm³/mol. The van der Waals surface area contributed by atoms with E-state index in [9.17, 15) is 14.0 Å². The van der Waals surface area contributed by atoms with Gasteiger partial charge in [0.15, 0.2) is 0 Å². The van der Waals surface area contributed by atoms with Crippen LogP contribution in [0.4, 0.5) is 10.1 Å². The number of hydrogen-bond donors (Lipinski definition) is 1. The molecule has 2 aliphatic rings.